The highest BCUT2D eigenvalue weighted by Crippen LogP contribution is 2.34. The molecule has 1 aromatic heterocycles. The maximum Gasteiger partial charge on any atom is 0.417 e. The van der Waals surface area contributed by atoms with E-state index < -0.39 is 17.6 Å². The minimum absolute atomic E-state index is 0.0364. The Morgan fingerprint density at radius 1 is 1.14 bits per heavy atom. The zero-order valence-electron chi connectivity index (χ0n) is 19.8. The molecule has 1 fully saturated rings. The van der Waals surface area contributed by atoms with E-state index in [1.165, 1.54) is 34.4 Å². The van der Waals surface area contributed by atoms with Crippen LogP contribution in [0.15, 0.2) is 53.9 Å². The van der Waals surface area contributed by atoms with Gasteiger partial charge in [0.1, 0.15) is 11.4 Å². The van der Waals surface area contributed by atoms with Gasteiger partial charge in [0.25, 0.3) is 11.8 Å². The highest BCUT2D eigenvalue weighted by molar-refractivity contribution is 7.09. The summed E-state index contributed by atoms with van der Waals surface area (Å²) in [5.74, 6) is -0.165. The number of alkyl halides is 3. The molecule has 1 atom stereocenters. The van der Waals surface area contributed by atoms with E-state index in [1.54, 1.807) is 12.5 Å². The van der Waals surface area contributed by atoms with Crippen LogP contribution in [-0.4, -0.2) is 41.9 Å². The molecule has 36 heavy (non-hydrogen) atoms. The number of amides is 2. The number of nitrogens with zero attached hydrogens (tertiary/aromatic N) is 2. The number of aromatic nitrogens is 1. The van der Waals surface area contributed by atoms with Gasteiger partial charge in [0.2, 0.25) is 0 Å². The van der Waals surface area contributed by atoms with Crippen LogP contribution in [0.4, 0.5) is 13.2 Å². The topological polar surface area (TPSA) is 71.5 Å². The van der Waals surface area contributed by atoms with Crippen LogP contribution >= 0.6 is 11.3 Å². The van der Waals surface area contributed by atoms with Crippen LogP contribution in [0.1, 0.15) is 68.7 Å². The molecule has 0 saturated carbocycles. The number of methoxy groups -OCH3 is 1. The van der Waals surface area contributed by atoms with Gasteiger partial charge in [0.05, 0.1) is 29.3 Å². The number of nitrogens with one attached hydrogen (secondary N) is 1. The standard InChI is InChI=1S/C26H26F3N3O3S/c1-16(18-6-5-7-19(14-18)35-2)30-23(33)22-15-36-24(31-22)17-10-12-32(13-11-17)25(34)20-8-3-4-9-21(20)26(27,28)29/h3-9,14-17H,10-13H2,1-2H3,(H,30,33). The molecule has 0 bridgehead atoms. The Morgan fingerprint density at radius 3 is 2.56 bits per heavy atom. The lowest BCUT2D eigenvalue weighted by molar-refractivity contribution is -0.138. The van der Waals surface area contributed by atoms with Crippen molar-refractivity contribution in [2.45, 2.75) is 37.9 Å². The van der Waals surface area contributed by atoms with Crippen molar-refractivity contribution < 1.29 is 27.5 Å². The highest BCUT2D eigenvalue weighted by atomic mass is 32.1. The molecule has 4 rings (SSSR count). The molecule has 190 valence electrons. The zero-order valence-corrected chi connectivity index (χ0v) is 20.7. The molecule has 2 heterocycles. The third kappa shape index (κ3) is 5.70. The summed E-state index contributed by atoms with van der Waals surface area (Å²) < 4.78 is 45.2. The molecule has 10 heteroatoms. The van der Waals surface area contributed by atoms with Crippen LogP contribution in [0, 0.1) is 0 Å². The molecule has 2 aromatic carbocycles. The number of hydrogen-bond acceptors (Lipinski definition) is 5. The number of hydrogen-bond donors (Lipinski definition) is 1. The number of thiazole rings is 1. The zero-order chi connectivity index (χ0) is 25.9. The summed E-state index contributed by atoms with van der Waals surface area (Å²) >= 11 is 1.38. The summed E-state index contributed by atoms with van der Waals surface area (Å²) in [5, 5.41) is 5.44. The van der Waals surface area contributed by atoms with Crippen molar-refractivity contribution in [3.8, 4) is 5.75 Å². The predicted octanol–water partition coefficient (Wildman–Crippen LogP) is 5.68. The van der Waals surface area contributed by atoms with Crippen LogP contribution in [0.2, 0.25) is 0 Å². The van der Waals surface area contributed by atoms with Gasteiger partial charge in [-0.3, -0.25) is 9.59 Å². The fourth-order valence-corrected chi connectivity index (χ4v) is 5.23. The van der Waals surface area contributed by atoms with Crippen molar-refractivity contribution in [3.05, 3.63) is 81.3 Å². The average molecular weight is 518 g/mol. The van der Waals surface area contributed by atoms with Gasteiger partial charge >= 0.3 is 6.18 Å². The molecule has 1 aliphatic rings. The van der Waals surface area contributed by atoms with Crippen molar-refractivity contribution in [2.75, 3.05) is 20.2 Å². The summed E-state index contributed by atoms with van der Waals surface area (Å²) in [4.78, 5) is 31.5. The van der Waals surface area contributed by atoms with Crippen molar-refractivity contribution in [3.63, 3.8) is 0 Å². The van der Waals surface area contributed by atoms with E-state index in [0.29, 0.717) is 37.4 Å². The molecular weight excluding hydrogens is 491 g/mol. The fraction of sp³-hybridized carbons (Fsp3) is 0.346. The summed E-state index contributed by atoms with van der Waals surface area (Å²) in [6, 6.07) is 12.1. The average Bonchev–Trinajstić information content (AvgIpc) is 3.38. The van der Waals surface area contributed by atoms with E-state index in [9.17, 15) is 22.8 Å². The molecule has 0 aliphatic carbocycles. The van der Waals surface area contributed by atoms with Gasteiger partial charge in [-0.1, -0.05) is 24.3 Å². The first-order valence-electron chi connectivity index (χ1n) is 11.5. The molecule has 1 N–H and O–H groups in total. The van der Waals surface area contributed by atoms with Crippen LogP contribution in [0.3, 0.4) is 0 Å². The van der Waals surface area contributed by atoms with Crippen LogP contribution in [0.25, 0.3) is 0 Å². The van der Waals surface area contributed by atoms with Gasteiger partial charge in [0, 0.05) is 24.4 Å². The quantitative estimate of drug-likeness (QED) is 0.457. The Bertz CT molecular complexity index is 1240. The molecule has 0 radical (unpaired) electrons. The molecule has 3 aromatic rings. The maximum atomic E-state index is 13.3. The monoisotopic (exact) mass is 517 g/mol. The lowest BCUT2D eigenvalue weighted by Crippen LogP contribution is -2.38. The summed E-state index contributed by atoms with van der Waals surface area (Å²) in [5.41, 5.74) is -0.0256. The van der Waals surface area contributed by atoms with Gasteiger partial charge in [0.15, 0.2) is 0 Å². The van der Waals surface area contributed by atoms with Crippen LogP contribution in [-0.2, 0) is 6.18 Å². The predicted molar refractivity (Wildman–Crippen MR) is 130 cm³/mol. The third-order valence-electron chi connectivity index (χ3n) is 6.29. The van der Waals surface area contributed by atoms with E-state index in [-0.39, 0.29) is 23.4 Å². The molecule has 6 nitrogen and oxygen atoms in total. The van der Waals surface area contributed by atoms with Crippen molar-refractivity contribution in [1.82, 2.24) is 15.2 Å². The molecular formula is C26H26F3N3O3S. The minimum Gasteiger partial charge on any atom is -0.497 e. The number of carbonyl (C=O) groups excluding carboxylic acids is 2. The van der Waals surface area contributed by atoms with E-state index in [4.69, 9.17) is 4.74 Å². The first kappa shape index (κ1) is 25.7. The number of likely N-dealkylation sites (tertiary alicyclic amines) is 1. The second-order valence-electron chi connectivity index (χ2n) is 8.65. The van der Waals surface area contributed by atoms with Crippen molar-refractivity contribution in [1.29, 1.82) is 0 Å². The van der Waals surface area contributed by atoms with Gasteiger partial charge in [-0.25, -0.2) is 4.98 Å². The van der Waals surface area contributed by atoms with E-state index in [2.05, 4.69) is 10.3 Å². The molecule has 0 spiro atoms. The van der Waals surface area contributed by atoms with Crippen molar-refractivity contribution in [2.24, 2.45) is 0 Å². The van der Waals surface area contributed by atoms with Gasteiger partial charge in [-0.15, -0.1) is 11.3 Å². The highest BCUT2D eigenvalue weighted by Gasteiger charge is 2.36. The Balaban J connectivity index is 1.36. The lowest BCUT2D eigenvalue weighted by Gasteiger charge is -2.31. The normalized spacial score (nSPS) is 15.4. The van der Waals surface area contributed by atoms with Gasteiger partial charge in [-0.05, 0) is 49.6 Å². The Labute approximate surface area is 211 Å². The smallest absolute Gasteiger partial charge is 0.417 e. The summed E-state index contributed by atoms with van der Waals surface area (Å²) in [6.45, 7) is 2.52. The fourth-order valence-electron chi connectivity index (χ4n) is 4.26. The number of ether oxygens (including phenoxy) is 1. The first-order chi connectivity index (χ1) is 17.2. The SMILES string of the molecule is COc1cccc(C(C)NC(=O)c2csc(C3CCN(C(=O)c4ccccc4C(F)(F)F)CC3)n2)c1. The van der Waals surface area contributed by atoms with E-state index >= 15 is 0 Å². The van der Waals surface area contributed by atoms with Crippen LogP contribution < -0.4 is 10.1 Å². The minimum atomic E-state index is -4.59. The third-order valence-corrected chi connectivity index (χ3v) is 7.30. The number of halogens is 3. The number of benzene rings is 2. The molecule has 1 saturated heterocycles. The Hall–Kier alpha value is -3.40. The molecule has 1 unspecified atom stereocenters. The van der Waals surface area contributed by atoms with E-state index in [1.807, 2.05) is 31.2 Å². The maximum absolute atomic E-state index is 13.3. The second-order valence-corrected chi connectivity index (χ2v) is 9.54. The van der Waals surface area contributed by atoms with Crippen molar-refractivity contribution >= 4 is 23.2 Å². The van der Waals surface area contributed by atoms with Crippen LogP contribution in [0.5, 0.6) is 5.75 Å². The second kappa shape index (κ2) is 10.7. The number of piperidine rings is 1. The largest absolute Gasteiger partial charge is 0.497 e. The lowest BCUT2D eigenvalue weighted by atomic mass is 9.96. The molecule has 1 aliphatic heterocycles. The number of carbonyl (C=O) groups is 2. The van der Waals surface area contributed by atoms with E-state index in [0.717, 1.165) is 16.6 Å². The first-order valence-corrected chi connectivity index (χ1v) is 12.4. The summed E-state index contributed by atoms with van der Waals surface area (Å²) in [6.07, 6.45) is -3.46. The molecule has 2 amide bonds. The number of rotatable bonds is 6. The summed E-state index contributed by atoms with van der Waals surface area (Å²) in [7, 11) is 1.58. The van der Waals surface area contributed by atoms with Gasteiger partial charge in [-0.2, -0.15) is 13.2 Å². The van der Waals surface area contributed by atoms with Gasteiger partial charge < -0.3 is 15.0 Å². The Kier molecular flexibility index (Phi) is 7.63. The Morgan fingerprint density at radius 2 is 1.86 bits per heavy atom.